The number of halogens is 1. The van der Waals surface area contributed by atoms with Crippen LogP contribution in [0.1, 0.15) is 18.5 Å². The Kier molecular flexibility index (Phi) is 5.70. The van der Waals surface area contributed by atoms with Crippen molar-refractivity contribution in [1.29, 1.82) is 0 Å². The van der Waals surface area contributed by atoms with Crippen LogP contribution < -0.4 is 19.5 Å². The van der Waals surface area contributed by atoms with Crippen LogP contribution in [0, 0.1) is 5.21 Å². The van der Waals surface area contributed by atoms with Gasteiger partial charge in [-0.25, -0.2) is 0 Å². The quantitative estimate of drug-likeness (QED) is 0.453. The van der Waals surface area contributed by atoms with E-state index in [1.165, 1.54) is 18.0 Å². The number of thioether (sulfide) groups is 1. The summed E-state index contributed by atoms with van der Waals surface area (Å²) >= 11 is 4.72. The maximum absolute atomic E-state index is 12.2. The Balaban J connectivity index is 1.62. The lowest BCUT2D eigenvalue weighted by Gasteiger charge is -2.22. The molecule has 0 aliphatic carbocycles. The lowest BCUT2D eigenvalue weighted by atomic mass is 10.1. The van der Waals surface area contributed by atoms with Crippen LogP contribution in [-0.4, -0.2) is 24.9 Å². The summed E-state index contributed by atoms with van der Waals surface area (Å²) in [7, 11) is 0. The first-order valence-corrected chi connectivity index (χ1v) is 9.52. The van der Waals surface area contributed by atoms with Crippen molar-refractivity contribution in [3.05, 3.63) is 51.8 Å². The van der Waals surface area contributed by atoms with Crippen LogP contribution in [0.4, 0.5) is 0 Å². The molecule has 25 heavy (non-hydrogen) atoms. The van der Waals surface area contributed by atoms with E-state index in [4.69, 9.17) is 9.47 Å². The second kappa shape index (κ2) is 7.97. The van der Waals surface area contributed by atoms with Gasteiger partial charge >= 0.3 is 0 Å². The first-order valence-electron chi connectivity index (χ1n) is 7.74. The molecule has 6 nitrogen and oxygen atoms in total. The number of nitrogens with zero attached hydrogens (tertiary/aromatic N) is 1. The van der Waals surface area contributed by atoms with Gasteiger partial charge in [0.1, 0.15) is 13.2 Å². The zero-order chi connectivity index (χ0) is 17.8. The predicted octanol–water partition coefficient (Wildman–Crippen LogP) is 2.82. The van der Waals surface area contributed by atoms with Crippen molar-refractivity contribution in [2.75, 3.05) is 19.0 Å². The zero-order valence-electron chi connectivity index (χ0n) is 13.5. The van der Waals surface area contributed by atoms with Crippen LogP contribution in [0.25, 0.3) is 0 Å². The van der Waals surface area contributed by atoms with Crippen molar-refractivity contribution < 1.29 is 19.0 Å². The molecule has 1 atom stereocenters. The van der Waals surface area contributed by atoms with Gasteiger partial charge in [-0.1, -0.05) is 15.9 Å². The first-order chi connectivity index (χ1) is 12.0. The molecule has 2 aromatic rings. The fourth-order valence-electron chi connectivity index (χ4n) is 2.44. The van der Waals surface area contributed by atoms with E-state index in [2.05, 4.69) is 21.2 Å². The average molecular weight is 425 g/mol. The van der Waals surface area contributed by atoms with Gasteiger partial charge in [0.15, 0.2) is 17.7 Å². The van der Waals surface area contributed by atoms with Crippen LogP contribution in [0.15, 0.2) is 46.0 Å². The van der Waals surface area contributed by atoms with E-state index in [-0.39, 0.29) is 17.7 Å². The SMILES string of the molecule is C[C@H](NC(=O)CSc1cccc[n+]1[O-])c1cc2c(cc1Br)OCCO2. The van der Waals surface area contributed by atoms with Crippen molar-refractivity contribution >= 4 is 33.6 Å². The van der Waals surface area contributed by atoms with Crippen LogP contribution >= 0.6 is 27.7 Å². The highest BCUT2D eigenvalue weighted by atomic mass is 79.9. The van der Waals surface area contributed by atoms with Gasteiger partial charge in [0, 0.05) is 16.6 Å². The largest absolute Gasteiger partial charge is 0.618 e. The minimum atomic E-state index is -0.214. The number of pyridine rings is 1. The number of ether oxygens (including phenoxy) is 2. The molecule has 1 aromatic carbocycles. The highest BCUT2D eigenvalue weighted by Gasteiger charge is 2.19. The average Bonchev–Trinajstić information content (AvgIpc) is 2.60. The summed E-state index contributed by atoms with van der Waals surface area (Å²) < 4.78 is 12.7. The fraction of sp³-hybridized carbons (Fsp3) is 0.294. The van der Waals surface area contributed by atoms with Gasteiger partial charge in [0.25, 0.3) is 5.03 Å². The van der Waals surface area contributed by atoms with E-state index >= 15 is 0 Å². The van der Waals surface area contributed by atoms with Gasteiger partial charge < -0.3 is 20.0 Å². The molecule has 0 unspecified atom stereocenters. The highest BCUT2D eigenvalue weighted by Crippen LogP contribution is 2.37. The standard InChI is InChI=1S/C17H17BrN2O4S/c1-11(12-8-14-15(9-13(12)18)24-7-6-23-14)19-16(21)10-25-17-4-2-3-5-20(17)22/h2-5,8-9,11H,6-7,10H2,1H3,(H,19,21)/t11-/m0/s1. The molecule has 8 heteroatoms. The van der Waals surface area contributed by atoms with E-state index in [9.17, 15) is 10.0 Å². The van der Waals surface area contributed by atoms with Crippen molar-refractivity contribution in [2.45, 2.75) is 18.0 Å². The maximum Gasteiger partial charge on any atom is 0.251 e. The molecular weight excluding hydrogens is 408 g/mol. The van der Waals surface area contributed by atoms with Gasteiger partial charge in [-0.2, -0.15) is 4.73 Å². The molecule has 1 N–H and O–H groups in total. The number of rotatable bonds is 5. The number of hydrogen-bond acceptors (Lipinski definition) is 5. The van der Waals surface area contributed by atoms with Crippen molar-refractivity contribution in [2.24, 2.45) is 0 Å². The third-order valence-electron chi connectivity index (χ3n) is 3.65. The highest BCUT2D eigenvalue weighted by molar-refractivity contribution is 9.10. The topological polar surface area (TPSA) is 74.5 Å². The van der Waals surface area contributed by atoms with Crippen LogP contribution in [0.3, 0.4) is 0 Å². The number of carbonyl (C=O) groups is 1. The minimum absolute atomic E-state index is 0.150. The molecular formula is C17H17BrN2O4S. The number of hydrogen-bond donors (Lipinski definition) is 1. The summed E-state index contributed by atoms with van der Waals surface area (Å²) in [5, 5.41) is 15.0. The van der Waals surface area contributed by atoms with Gasteiger partial charge in [-0.05, 0) is 42.4 Å². The Morgan fingerprint density at radius 1 is 1.36 bits per heavy atom. The third-order valence-corrected chi connectivity index (χ3v) is 5.35. The Morgan fingerprint density at radius 2 is 2.08 bits per heavy atom. The van der Waals surface area contributed by atoms with E-state index in [1.54, 1.807) is 18.2 Å². The molecule has 1 aromatic heterocycles. The number of aromatic nitrogens is 1. The van der Waals surface area contributed by atoms with E-state index in [1.807, 2.05) is 19.1 Å². The van der Waals surface area contributed by atoms with Crippen molar-refractivity contribution in [3.8, 4) is 11.5 Å². The van der Waals surface area contributed by atoms with Gasteiger partial charge in [0.2, 0.25) is 5.91 Å². The molecule has 1 amide bonds. The molecule has 0 fully saturated rings. The van der Waals surface area contributed by atoms with Gasteiger partial charge in [-0.15, -0.1) is 0 Å². The Hall–Kier alpha value is -1.93. The molecule has 0 bridgehead atoms. The molecule has 0 radical (unpaired) electrons. The monoisotopic (exact) mass is 424 g/mol. The third kappa shape index (κ3) is 4.38. The number of benzene rings is 1. The van der Waals surface area contributed by atoms with Gasteiger partial charge in [0.05, 0.1) is 11.8 Å². The first kappa shape index (κ1) is 17.9. The van der Waals surface area contributed by atoms with Crippen LogP contribution in [-0.2, 0) is 4.79 Å². The maximum atomic E-state index is 12.2. The van der Waals surface area contributed by atoms with Gasteiger partial charge in [-0.3, -0.25) is 4.79 Å². The molecule has 1 aliphatic rings. The van der Waals surface area contributed by atoms with Crippen LogP contribution in [0.2, 0.25) is 0 Å². The Morgan fingerprint density at radius 3 is 2.80 bits per heavy atom. The molecule has 3 rings (SSSR count). The number of carbonyl (C=O) groups excluding carboxylic acids is 1. The molecule has 2 heterocycles. The molecule has 0 saturated heterocycles. The predicted molar refractivity (Wildman–Crippen MR) is 97.8 cm³/mol. The lowest BCUT2D eigenvalue weighted by molar-refractivity contribution is -0.645. The molecule has 0 spiro atoms. The second-order valence-corrected chi connectivity index (χ2v) is 7.31. The summed E-state index contributed by atoms with van der Waals surface area (Å²) in [4.78, 5) is 12.2. The summed E-state index contributed by atoms with van der Waals surface area (Å²) in [6.45, 7) is 2.94. The summed E-state index contributed by atoms with van der Waals surface area (Å²) in [5.41, 5.74) is 0.904. The summed E-state index contributed by atoms with van der Waals surface area (Å²) in [6, 6.07) is 8.62. The van der Waals surface area contributed by atoms with E-state index < -0.39 is 0 Å². The molecule has 1 aliphatic heterocycles. The normalized spacial score (nSPS) is 14.0. The molecule has 132 valence electrons. The lowest BCUT2D eigenvalue weighted by Crippen LogP contribution is -2.31. The number of nitrogens with one attached hydrogen (secondary N) is 1. The summed E-state index contributed by atoms with van der Waals surface area (Å²) in [6.07, 6.45) is 1.41. The number of amides is 1. The smallest absolute Gasteiger partial charge is 0.251 e. The fourth-order valence-corrected chi connectivity index (χ4v) is 3.83. The zero-order valence-corrected chi connectivity index (χ0v) is 15.9. The minimum Gasteiger partial charge on any atom is -0.618 e. The Labute approximate surface area is 158 Å². The number of fused-ring (bicyclic) bond motifs is 1. The van der Waals surface area contributed by atoms with Crippen molar-refractivity contribution in [3.63, 3.8) is 0 Å². The summed E-state index contributed by atoms with van der Waals surface area (Å²) in [5.74, 6) is 1.39. The molecule has 0 saturated carbocycles. The Bertz CT molecular complexity index is 787. The van der Waals surface area contributed by atoms with E-state index in [0.717, 1.165) is 14.8 Å². The second-order valence-electron chi connectivity index (χ2n) is 5.46. The van der Waals surface area contributed by atoms with Crippen molar-refractivity contribution in [1.82, 2.24) is 5.32 Å². The van der Waals surface area contributed by atoms with E-state index in [0.29, 0.717) is 29.7 Å². The van der Waals surface area contributed by atoms with Crippen LogP contribution in [0.5, 0.6) is 11.5 Å².